The molecule has 0 aliphatic rings. The molecule has 0 saturated heterocycles. The van der Waals surface area contributed by atoms with Gasteiger partial charge in [-0.25, -0.2) is 18.3 Å². The lowest BCUT2D eigenvalue weighted by molar-refractivity contribution is 0.403. The summed E-state index contributed by atoms with van der Waals surface area (Å²) < 4.78 is 54.1. The first-order valence-electron chi connectivity index (χ1n) is 4.62. The standard InChI is InChI=1S/C8H13N3O5S2/c1-10-18(14,15)11-6-3-4-7(16-2)8(5-6)17(9,12)13/h3-5,10-11H,1-2H3,(H2,9,12,13). The summed E-state index contributed by atoms with van der Waals surface area (Å²) in [7, 11) is -5.25. The van der Waals surface area contributed by atoms with Crippen molar-refractivity contribution in [2.45, 2.75) is 4.90 Å². The molecule has 1 aromatic rings. The number of hydrogen-bond acceptors (Lipinski definition) is 5. The first-order valence-corrected chi connectivity index (χ1v) is 7.64. The highest BCUT2D eigenvalue weighted by Gasteiger charge is 2.17. The number of hydrogen-bond donors (Lipinski definition) is 3. The molecule has 0 heterocycles. The van der Waals surface area contributed by atoms with E-state index in [9.17, 15) is 16.8 Å². The number of nitrogens with two attached hydrogens (primary N) is 1. The normalized spacial score (nSPS) is 12.2. The van der Waals surface area contributed by atoms with Crippen LogP contribution in [0.25, 0.3) is 0 Å². The molecule has 4 N–H and O–H groups in total. The summed E-state index contributed by atoms with van der Waals surface area (Å²) in [6.07, 6.45) is 0. The number of benzene rings is 1. The van der Waals surface area contributed by atoms with Crippen molar-refractivity contribution in [1.29, 1.82) is 0 Å². The summed E-state index contributed by atoms with van der Waals surface area (Å²) >= 11 is 0. The molecule has 8 nitrogen and oxygen atoms in total. The highest BCUT2D eigenvalue weighted by atomic mass is 32.2. The van der Waals surface area contributed by atoms with Crippen LogP contribution < -0.4 is 19.3 Å². The summed E-state index contributed by atoms with van der Waals surface area (Å²) in [5.41, 5.74) is 0.0502. The van der Waals surface area contributed by atoms with E-state index in [1.165, 1.54) is 26.3 Å². The average molecular weight is 295 g/mol. The summed E-state index contributed by atoms with van der Waals surface area (Å²) in [6.45, 7) is 0. The first-order chi connectivity index (χ1) is 8.19. The van der Waals surface area contributed by atoms with Gasteiger partial charge in [-0.05, 0) is 18.2 Å². The van der Waals surface area contributed by atoms with Gasteiger partial charge in [0, 0.05) is 7.05 Å². The van der Waals surface area contributed by atoms with Crippen molar-refractivity contribution in [3.8, 4) is 5.75 Å². The molecule has 1 rings (SSSR count). The van der Waals surface area contributed by atoms with Crippen molar-refractivity contribution in [3.05, 3.63) is 18.2 Å². The van der Waals surface area contributed by atoms with Crippen LogP contribution >= 0.6 is 0 Å². The van der Waals surface area contributed by atoms with Gasteiger partial charge in [0.25, 0.3) is 10.2 Å². The molecule has 0 fully saturated rings. The fourth-order valence-corrected chi connectivity index (χ4v) is 2.43. The molecule has 102 valence electrons. The summed E-state index contributed by atoms with van der Waals surface area (Å²) in [6, 6.07) is 3.72. The Bertz CT molecular complexity index is 639. The van der Waals surface area contributed by atoms with Crippen LogP contribution in [0.3, 0.4) is 0 Å². The minimum Gasteiger partial charge on any atom is -0.495 e. The van der Waals surface area contributed by atoms with Gasteiger partial charge in [-0.3, -0.25) is 4.72 Å². The average Bonchev–Trinajstić information content (AvgIpc) is 2.27. The second-order valence-electron chi connectivity index (χ2n) is 3.22. The second-order valence-corrected chi connectivity index (χ2v) is 6.37. The van der Waals surface area contributed by atoms with E-state index >= 15 is 0 Å². The summed E-state index contributed by atoms with van der Waals surface area (Å²) in [5, 5.41) is 5.00. The number of nitrogens with one attached hydrogen (secondary N) is 2. The van der Waals surface area contributed by atoms with Crippen LogP contribution in [0.15, 0.2) is 23.1 Å². The van der Waals surface area contributed by atoms with Gasteiger partial charge in [-0.2, -0.15) is 8.42 Å². The van der Waals surface area contributed by atoms with Crippen molar-refractivity contribution < 1.29 is 21.6 Å². The minimum atomic E-state index is -4.01. The fraction of sp³-hybridized carbons (Fsp3) is 0.250. The van der Waals surface area contributed by atoms with Gasteiger partial charge in [-0.15, -0.1) is 0 Å². The molecule has 10 heteroatoms. The fourth-order valence-electron chi connectivity index (χ4n) is 1.17. The zero-order valence-electron chi connectivity index (χ0n) is 9.67. The van der Waals surface area contributed by atoms with Gasteiger partial charge in [-0.1, -0.05) is 0 Å². The number of rotatable bonds is 5. The lowest BCUT2D eigenvalue weighted by atomic mass is 10.3. The molecule has 0 spiro atoms. The molecule has 0 radical (unpaired) electrons. The van der Waals surface area contributed by atoms with Crippen LogP contribution in [-0.4, -0.2) is 31.0 Å². The molecule has 0 bridgehead atoms. The molecule has 18 heavy (non-hydrogen) atoms. The molecular formula is C8H13N3O5S2. The largest absolute Gasteiger partial charge is 0.495 e. The van der Waals surface area contributed by atoms with Crippen molar-refractivity contribution >= 4 is 25.9 Å². The highest BCUT2D eigenvalue weighted by Crippen LogP contribution is 2.26. The SMILES string of the molecule is CNS(=O)(=O)Nc1ccc(OC)c(S(N)(=O)=O)c1. The monoisotopic (exact) mass is 295 g/mol. The van der Waals surface area contributed by atoms with Crippen LogP contribution in [0.5, 0.6) is 5.75 Å². The topological polar surface area (TPSA) is 128 Å². The van der Waals surface area contributed by atoms with E-state index < -0.39 is 20.2 Å². The van der Waals surface area contributed by atoms with E-state index in [0.717, 1.165) is 6.07 Å². The Labute approximate surface area is 105 Å². The second kappa shape index (κ2) is 5.10. The van der Waals surface area contributed by atoms with E-state index in [1.54, 1.807) is 0 Å². The Morgan fingerprint density at radius 2 is 1.83 bits per heavy atom. The lowest BCUT2D eigenvalue weighted by Gasteiger charge is -2.10. The maximum Gasteiger partial charge on any atom is 0.298 e. The third kappa shape index (κ3) is 3.57. The van der Waals surface area contributed by atoms with Gasteiger partial charge in [0.05, 0.1) is 12.8 Å². The Morgan fingerprint density at radius 1 is 1.22 bits per heavy atom. The van der Waals surface area contributed by atoms with E-state index in [2.05, 4.69) is 4.72 Å². The van der Waals surface area contributed by atoms with Crippen LogP contribution in [0.1, 0.15) is 0 Å². The van der Waals surface area contributed by atoms with Crippen LogP contribution in [0.2, 0.25) is 0 Å². The van der Waals surface area contributed by atoms with E-state index in [1.807, 2.05) is 4.72 Å². The van der Waals surface area contributed by atoms with Crippen molar-refractivity contribution in [2.24, 2.45) is 5.14 Å². The Balaban J connectivity index is 3.28. The Hall–Kier alpha value is -1.36. The van der Waals surface area contributed by atoms with Gasteiger partial charge in [0.1, 0.15) is 10.6 Å². The number of ether oxygens (including phenoxy) is 1. The Kier molecular flexibility index (Phi) is 4.16. The predicted molar refractivity (Wildman–Crippen MR) is 66.0 cm³/mol. The zero-order valence-corrected chi connectivity index (χ0v) is 11.3. The smallest absolute Gasteiger partial charge is 0.298 e. The third-order valence-electron chi connectivity index (χ3n) is 1.99. The Morgan fingerprint density at radius 3 is 2.28 bits per heavy atom. The molecule has 0 unspecified atom stereocenters. The number of anilines is 1. The number of sulfonamides is 1. The maximum absolute atomic E-state index is 11.3. The molecular weight excluding hydrogens is 282 g/mol. The summed E-state index contributed by atoms with van der Waals surface area (Å²) in [5.74, 6) is 0.0323. The van der Waals surface area contributed by atoms with Crippen molar-refractivity contribution in [2.75, 3.05) is 18.9 Å². The molecule has 0 saturated carbocycles. The molecule has 1 aromatic carbocycles. The van der Waals surface area contributed by atoms with Gasteiger partial charge in [0.2, 0.25) is 10.0 Å². The van der Waals surface area contributed by atoms with Crippen molar-refractivity contribution in [1.82, 2.24) is 4.72 Å². The van der Waals surface area contributed by atoms with Gasteiger partial charge >= 0.3 is 0 Å². The lowest BCUT2D eigenvalue weighted by Crippen LogP contribution is -2.26. The van der Waals surface area contributed by atoms with Gasteiger partial charge < -0.3 is 4.74 Å². The first kappa shape index (κ1) is 14.7. The van der Waals surface area contributed by atoms with E-state index in [-0.39, 0.29) is 16.3 Å². The van der Waals surface area contributed by atoms with Crippen molar-refractivity contribution in [3.63, 3.8) is 0 Å². The van der Waals surface area contributed by atoms with Gasteiger partial charge in [0.15, 0.2) is 0 Å². The van der Waals surface area contributed by atoms with E-state index in [4.69, 9.17) is 9.88 Å². The zero-order chi connectivity index (χ0) is 14.0. The maximum atomic E-state index is 11.3. The molecule has 0 aliphatic heterocycles. The quantitative estimate of drug-likeness (QED) is 0.656. The van der Waals surface area contributed by atoms with Crippen LogP contribution in [0, 0.1) is 0 Å². The molecule has 0 amide bonds. The third-order valence-corrected chi connectivity index (χ3v) is 3.97. The molecule has 0 atom stereocenters. The highest BCUT2D eigenvalue weighted by molar-refractivity contribution is 7.90. The number of primary sulfonamides is 1. The van der Waals surface area contributed by atoms with Crippen LogP contribution in [-0.2, 0) is 20.2 Å². The molecule has 0 aliphatic carbocycles. The molecule has 0 aromatic heterocycles. The minimum absolute atomic E-state index is 0.0323. The van der Waals surface area contributed by atoms with E-state index in [0.29, 0.717) is 0 Å². The summed E-state index contributed by atoms with van der Waals surface area (Å²) in [4.78, 5) is -0.304. The van der Waals surface area contributed by atoms with Crippen LogP contribution in [0.4, 0.5) is 5.69 Å². The number of methoxy groups -OCH3 is 1. The predicted octanol–water partition coefficient (Wildman–Crippen LogP) is -0.781.